The Bertz CT molecular complexity index is 1150. The quantitative estimate of drug-likeness (QED) is 0.431. The highest BCUT2D eigenvalue weighted by Gasteiger charge is 2.15. The van der Waals surface area contributed by atoms with Gasteiger partial charge in [0.15, 0.2) is 5.58 Å². The first-order valence-corrected chi connectivity index (χ1v) is 9.46. The van der Waals surface area contributed by atoms with Crippen LogP contribution in [0.5, 0.6) is 0 Å². The molecule has 4 rings (SSSR count). The zero-order valence-electron chi connectivity index (χ0n) is 15.6. The maximum Gasteiger partial charge on any atom is 0.255 e. The number of carbonyl (C=O) groups is 1. The summed E-state index contributed by atoms with van der Waals surface area (Å²) >= 11 is 6.38. The van der Waals surface area contributed by atoms with Crippen LogP contribution in [0.25, 0.3) is 22.6 Å². The molecule has 0 aliphatic carbocycles. The fourth-order valence-corrected chi connectivity index (χ4v) is 3.18. The van der Waals surface area contributed by atoms with Gasteiger partial charge in [-0.25, -0.2) is 4.98 Å². The summed E-state index contributed by atoms with van der Waals surface area (Å²) in [6.07, 6.45) is 0. The van der Waals surface area contributed by atoms with Crippen LogP contribution in [0, 0.1) is 0 Å². The number of nitrogens with one attached hydrogen (secondary N) is 1. The second kappa shape index (κ2) is 7.49. The summed E-state index contributed by atoms with van der Waals surface area (Å²) in [5, 5.41) is 3.39. The highest BCUT2D eigenvalue weighted by Crippen LogP contribution is 2.33. The van der Waals surface area contributed by atoms with Crippen molar-refractivity contribution in [3.63, 3.8) is 0 Å². The summed E-state index contributed by atoms with van der Waals surface area (Å²) in [6.45, 7) is 4.27. The highest BCUT2D eigenvalue weighted by atomic mass is 35.5. The van der Waals surface area contributed by atoms with E-state index in [1.54, 1.807) is 30.3 Å². The fourth-order valence-electron chi connectivity index (χ4n) is 2.98. The molecule has 4 aromatic rings. The SMILES string of the molecule is CC(C)c1ccc2oc(-c3cc(NC(=O)c4ccccc4)ccc3Cl)nc2c1. The number of nitrogens with zero attached hydrogens (tertiary/aromatic N) is 1. The average Bonchev–Trinajstić information content (AvgIpc) is 3.13. The van der Waals surface area contributed by atoms with Gasteiger partial charge in [0, 0.05) is 11.3 Å². The molecule has 28 heavy (non-hydrogen) atoms. The lowest BCUT2D eigenvalue weighted by molar-refractivity contribution is 0.102. The minimum Gasteiger partial charge on any atom is -0.436 e. The highest BCUT2D eigenvalue weighted by molar-refractivity contribution is 6.33. The van der Waals surface area contributed by atoms with Crippen molar-refractivity contribution in [1.82, 2.24) is 4.98 Å². The van der Waals surface area contributed by atoms with Gasteiger partial charge in [0.05, 0.1) is 10.6 Å². The number of hydrogen-bond acceptors (Lipinski definition) is 3. The number of hydrogen-bond donors (Lipinski definition) is 1. The van der Waals surface area contributed by atoms with E-state index in [9.17, 15) is 4.79 Å². The first kappa shape index (κ1) is 18.3. The Morgan fingerprint density at radius 1 is 1.04 bits per heavy atom. The molecule has 0 saturated heterocycles. The van der Waals surface area contributed by atoms with Crippen molar-refractivity contribution in [2.75, 3.05) is 5.32 Å². The molecule has 1 amide bonds. The first-order valence-electron chi connectivity index (χ1n) is 9.08. The summed E-state index contributed by atoms with van der Waals surface area (Å²) in [4.78, 5) is 17.0. The lowest BCUT2D eigenvalue weighted by Gasteiger charge is -2.07. The third-order valence-corrected chi connectivity index (χ3v) is 4.90. The fraction of sp³-hybridized carbons (Fsp3) is 0.130. The van der Waals surface area contributed by atoms with Crippen molar-refractivity contribution in [2.24, 2.45) is 0 Å². The van der Waals surface area contributed by atoms with E-state index in [-0.39, 0.29) is 5.91 Å². The third-order valence-electron chi connectivity index (χ3n) is 4.57. The van der Waals surface area contributed by atoms with E-state index in [4.69, 9.17) is 16.0 Å². The van der Waals surface area contributed by atoms with Gasteiger partial charge in [0.25, 0.3) is 5.91 Å². The van der Waals surface area contributed by atoms with E-state index in [0.717, 1.165) is 5.52 Å². The van der Waals surface area contributed by atoms with E-state index in [1.807, 2.05) is 36.4 Å². The van der Waals surface area contributed by atoms with Crippen LogP contribution in [-0.4, -0.2) is 10.9 Å². The molecule has 0 bridgehead atoms. The molecule has 1 heterocycles. The first-order chi connectivity index (χ1) is 13.5. The Morgan fingerprint density at radius 3 is 2.57 bits per heavy atom. The number of anilines is 1. The lowest BCUT2D eigenvalue weighted by atomic mass is 10.0. The normalized spacial score (nSPS) is 11.1. The molecule has 1 aromatic heterocycles. The molecule has 140 valence electrons. The molecule has 0 aliphatic heterocycles. The molecule has 0 fully saturated rings. The van der Waals surface area contributed by atoms with E-state index < -0.39 is 0 Å². The van der Waals surface area contributed by atoms with Gasteiger partial charge >= 0.3 is 0 Å². The van der Waals surface area contributed by atoms with Crippen LogP contribution in [-0.2, 0) is 0 Å². The van der Waals surface area contributed by atoms with Gasteiger partial charge in [0.2, 0.25) is 5.89 Å². The second-order valence-corrected chi connectivity index (χ2v) is 7.32. The van der Waals surface area contributed by atoms with Gasteiger partial charge in [-0.2, -0.15) is 0 Å². The Kier molecular flexibility index (Phi) is 4.88. The monoisotopic (exact) mass is 390 g/mol. The maximum absolute atomic E-state index is 12.4. The molecule has 0 aliphatic rings. The number of benzene rings is 3. The molecule has 0 unspecified atom stereocenters. The Morgan fingerprint density at radius 2 is 1.82 bits per heavy atom. The summed E-state index contributed by atoms with van der Waals surface area (Å²) in [6, 6.07) is 20.3. The van der Waals surface area contributed by atoms with Gasteiger partial charge in [-0.1, -0.05) is 49.7 Å². The largest absolute Gasteiger partial charge is 0.436 e. The van der Waals surface area contributed by atoms with E-state index in [2.05, 4.69) is 24.1 Å². The van der Waals surface area contributed by atoms with Gasteiger partial charge in [-0.05, 0) is 53.9 Å². The summed E-state index contributed by atoms with van der Waals surface area (Å²) in [5.74, 6) is 0.648. The van der Waals surface area contributed by atoms with Gasteiger partial charge in [-0.15, -0.1) is 0 Å². The number of oxazole rings is 1. The summed E-state index contributed by atoms with van der Waals surface area (Å²) in [5.41, 5.74) is 4.53. The van der Waals surface area contributed by atoms with Gasteiger partial charge < -0.3 is 9.73 Å². The number of rotatable bonds is 4. The van der Waals surface area contributed by atoms with Crippen LogP contribution in [0.2, 0.25) is 5.02 Å². The molecule has 0 saturated carbocycles. The van der Waals surface area contributed by atoms with Crippen LogP contribution in [0.15, 0.2) is 71.1 Å². The Balaban J connectivity index is 1.67. The number of amides is 1. The average molecular weight is 391 g/mol. The summed E-state index contributed by atoms with van der Waals surface area (Å²) < 4.78 is 5.91. The van der Waals surface area contributed by atoms with Crippen LogP contribution >= 0.6 is 11.6 Å². The van der Waals surface area contributed by atoms with Gasteiger partial charge in [0.1, 0.15) is 5.52 Å². The topological polar surface area (TPSA) is 55.1 Å². The van der Waals surface area contributed by atoms with Crippen LogP contribution in [0.4, 0.5) is 5.69 Å². The predicted octanol–water partition coefficient (Wildman–Crippen LogP) is 6.52. The number of halogens is 1. The minimum absolute atomic E-state index is 0.187. The van der Waals surface area contributed by atoms with E-state index in [1.165, 1.54) is 5.56 Å². The van der Waals surface area contributed by atoms with Crippen molar-refractivity contribution in [3.8, 4) is 11.5 Å². The minimum atomic E-state index is -0.187. The molecule has 0 radical (unpaired) electrons. The molecule has 1 N–H and O–H groups in total. The van der Waals surface area contributed by atoms with Crippen molar-refractivity contribution in [3.05, 3.63) is 82.9 Å². The zero-order valence-corrected chi connectivity index (χ0v) is 16.3. The molecule has 0 spiro atoms. The number of fused-ring (bicyclic) bond motifs is 1. The van der Waals surface area contributed by atoms with Crippen LogP contribution in [0.3, 0.4) is 0 Å². The van der Waals surface area contributed by atoms with Crippen molar-refractivity contribution >= 4 is 34.3 Å². The van der Waals surface area contributed by atoms with E-state index in [0.29, 0.717) is 39.2 Å². The Labute approximate surface area is 168 Å². The zero-order chi connectivity index (χ0) is 19.7. The number of carbonyl (C=O) groups excluding carboxylic acids is 1. The molecular formula is C23H19ClN2O2. The standard InChI is InChI=1S/C23H19ClN2O2/c1-14(2)16-8-11-21-20(12-16)26-23(28-21)18-13-17(9-10-19(18)24)25-22(27)15-6-4-3-5-7-15/h3-14H,1-2H3,(H,25,27). The summed E-state index contributed by atoms with van der Waals surface area (Å²) in [7, 11) is 0. The van der Waals surface area contributed by atoms with Crippen LogP contribution in [0.1, 0.15) is 35.7 Å². The van der Waals surface area contributed by atoms with Gasteiger partial charge in [-0.3, -0.25) is 4.79 Å². The molecule has 5 heteroatoms. The maximum atomic E-state index is 12.4. The smallest absolute Gasteiger partial charge is 0.255 e. The molecule has 3 aromatic carbocycles. The lowest BCUT2D eigenvalue weighted by Crippen LogP contribution is -2.11. The predicted molar refractivity (Wildman–Crippen MR) is 113 cm³/mol. The van der Waals surface area contributed by atoms with E-state index >= 15 is 0 Å². The van der Waals surface area contributed by atoms with Crippen molar-refractivity contribution < 1.29 is 9.21 Å². The van der Waals surface area contributed by atoms with Crippen molar-refractivity contribution in [2.45, 2.75) is 19.8 Å². The number of aromatic nitrogens is 1. The van der Waals surface area contributed by atoms with Crippen LogP contribution < -0.4 is 5.32 Å². The molecular weight excluding hydrogens is 372 g/mol. The molecule has 0 atom stereocenters. The third kappa shape index (κ3) is 3.64. The second-order valence-electron chi connectivity index (χ2n) is 6.92. The molecule has 4 nitrogen and oxygen atoms in total. The van der Waals surface area contributed by atoms with Crippen molar-refractivity contribution in [1.29, 1.82) is 0 Å². The Hall–Kier alpha value is -3.11.